The SMILES string of the molecule is COCCNCC(CCSC)c1ccccc1F. The van der Waals surface area contributed by atoms with Gasteiger partial charge in [0.05, 0.1) is 6.61 Å². The first kappa shape index (κ1) is 15.5. The van der Waals surface area contributed by atoms with Gasteiger partial charge in [-0.05, 0) is 30.1 Å². The van der Waals surface area contributed by atoms with Crippen LogP contribution in [0.2, 0.25) is 0 Å². The maximum Gasteiger partial charge on any atom is 0.126 e. The molecule has 2 nitrogen and oxygen atoms in total. The number of thioether (sulfide) groups is 1. The minimum atomic E-state index is -0.0999. The van der Waals surface area contributed by atoms with Gasteiger partial charge < -0.3 is 10.1 Å². The Labute approximate surface area is 113 Å². The Balaban J connectivity index is 2.57. The number of ether oxygens (including phenoxy) is 1. The molecule has 0 saturated heterocycles. The number of nitrogens with one attached hydrogen (secondary N) is 1. The summed E-state index contributed by atoms with van der Waals surface area (Å²) in [6, 6.07) is 7.07. The van der Waals surface area contributed by atoms with Gasteiger partial charge in [0.1, 0.15) is 5.82 Å². The molecule has 0 amide bonds. The third kappa shape index (κ3) is 5.38. The first-order valence-electron chi connectivity index (χ1n) is 6.22. The van der Waals surface area contributed by atoms with E-state index >= 15 is 0 Å². The molecule has 0 radical (unpaired) electrons. The summed E-state index contributed by atoms with van der Waals surface area (Å²) >= 11 is 1.80. The molecule has 1 rings (SSSR count). The summed E-state index contributed by atoms with van der Waals surface area (Å²) in [5.41, 5.74) is 0.816. The summed E-state index contributed by atoms with van der Waals surface area (Å²) in [6.45, 7) is 2.29. The van der Waals surface area contributed by atoms with Crippen LogP contribution in [-0.4, -0.2) is 38.8 Å². The Kier molecular flexibility index (Phi) is 8.05. The molecule has 18 heavy (non-hydrogen) atoms. The summed E-state index contributed by atoms with van der Waals surface area (Å²) in [6.07, 6.45) is 3.07. The zero-order valence-electron chi connectivity index (χ0n) is 11.1. The van der Waals surface area contributed by atoms with E-state index < -0.39 is 0 Å². The highest BCUT2D eigenvalue weighted by molar-refractivity contribution is 7.98. The second-order valence-corrected chi connectivity index (χ2v) is 5.18. The van der Waals surface area contributed by atoms with Crippen LogP contribution in [0.5, 0.6) is 0 Å². The van der Waals surface area contributed by atoms with Gasteiger partial charge in [-0.2, -0.15) is 11.8 Å². The average molecular weight is 271 g/mol. The second kappa shape index (κ2) is 9.36. The lowest BCUT2D eigenvalue weighted by Gasteiger charge is -2.18. The minimum absolute atomic E-state index is 0.0999. The smallest absolute Gasteiger partial charge is 0.126 e. The third-order valence-corrected chi connectivity index (χ3v) is 3.53. The largest absolute Gasteiger partial charge is 0.383 e. The van der Waals surface area contributed by atoms with Crippen molar-refractivity contribution in [3.05, 3.63) is 35.6 Å². The van der Waals surface area contributed by atoms with E-state index in [4.69, 9.17) is 4.74 Å². The molecule has 0 heterocycles. The zero-order chi connectivity index (χ0) is 13.2. The molecule has 0 aromatic heterocycles. The van der Waals surface area contributed by atoms with E-state index in [9.17, 15) is 4.39 Å². The predicted molar refractivity (Wildman–Crippen MR) is 76.9 cm³/mol. The fourth-order valence-electron chi connectivity index (χ4n) is 1.88. The van der Waals surface area contributed by atoms with Crippen molar-refractivity contribution in [1.82, 2.24) is 5.32 Å². The van der Waals surface area contributed by atoms with E-state index in [0.717, 1.165) is 30.8 Å². The molecular weight excluding hydrogens is 249 g/mol. The van der Waals surface area contributed by atoms with Gasteiger partial charge in [-0.15, -0.1) is 0 Å². The molecule has 1 atom stereocenters. The number of methoxy groups -OCH3 is 1. The van der Waals surface area contributed by atoms with Gasteiger partial charge >= 0.3 is 0 Å². The summed E-state index contributed by atoms with van der Waals surface area (Å²) in [4.78, 5) is 0. The van der Waals surface area contributed by atoms with Gasteiger partial charge in [-0.25, -0.2) is 4.39 Å². The maximum atomic E-state index is 13.8. The van der Waals surface area contributed by atoms with Gasteiger partial charge in [0, 0.05) is 26.1 Å². The van der Waals surface area contributed by atoms with Crippen molar-refractivity contribution >= 4 is 11.8 Å². The number of hydrogen-bond acceptors (Lipinski definition) is 3. The predicted octanol–water partition coefficient (Wildman–Crippen LogP) is 2.90. The number of rotatable bonds is 9. The lowest BCUT2D eigenvalue weighted by Crippen LogP contribution is -2.26. The normalized spacial score (nSPS) is 12.6. The van der Waals surface area contributed by atoms with Gasteiger partial charge in [0.25, 0.3) is 0 Å². The van der Waals surface area contributed by atoms with E-state index in [-0.39, 0.29) is 11.7 Å². The summed E-state index contributed by atoms with van der Waals surface area (Å²) in [5.74, 6) is 1.18. The van der Waals surface area contributed by atoms with Crippen LogP contribution in [0.1, 0.15) is 17.9 Å². The molecule has 0 fully saturated rings. The Morgan fingerprint density at radius 3 is 2.83 bits per heavy atom. The molecule has 0 aliphatic heterocycles. The molecule has 0 spiro atoms. The Bertz CT molecular complexity index is 335. The Morgan fingerprint density at radius 1 is 1.39 bits per heavy atom. The monoisotopic (exact) mass is 271 g/mol. The summed E-state index contributed by atoms with van der Waals surface area (Å²) in [5, 5.41) is 3.32. The molecule has 1 aromatic rings. The van der Waals surface area contributed by atoms with E-state index in [1.807, 2.05) is 12.1 Å². The number of benzene rings is 1. The molecular formula is C14H22FNOS. The van der Waals surface area contributed by atoms with Crippen LogP contribution in [-0.2, 0) is 4.74 Å². The standard InChI is InChI=1S/C14H22FNOS/c1-17-9-8-16-11-12(7-10-18-2)13-5-3-4-6-14(13)15/h3-6,12,16H,7-11H2,1-2H3. The third-order valence-electron chi connectivity index (χ3n) is 2.89. The fourth-order valence-corrected chi connectivity index (χ4v) is 2.40. The van der Waals surface area contributed by atoms with Crippen LogP contribution >= 0.6 is 11.8 Å². The van der Waals surface area contributed by atoms with Gasteiger partial charge in [-0.3, -0.25) is 0 Å². The first-order chi connectivity index (χ1) is 8.79. The van der Waals surface area contributed by atoms with Crippen molar-refractivity contribution in [2.24, 2.45) is 0 Å². The van der Waals surface area contributed by atoms with Crippen LogP contribution < -0.4 is 5.32 Å². The highest BCUT2D eigenvalue weighted by atomic mass is 32.2. The summed E-state index contributed by atoms with van der Waals surface area (Å²) in [7, 11) is 1.68. The Hall–Kier alpha value is -0.580. The van der Waals surface area contributed by atoms with E-state index in [1.54, 1.807) is 24.9 Å². The zero-order valence-corrected chi connectivity index (χ0v) is 11.9. The van der Waals surface area contributed by atoms with Crippen molar-refractivity contribution in [3.8, 4) is 0 Å². The fraction of sp³-hybridized carbons (Fsp3) is 0.571. The highest BCUT2D eigenvalue weighted by Crippen LogP contribution is 2.23. The molecule has 1 N–H and O–H groups in total. The summed E-state index contributed by atoms with van der Waals surface area (Å²) < 4.78 is 18.8. The second-order valence-electron chi connectivity index (χ2n) is 4.20. The molecule has 1 unspecified atom stereocenters. The topological polar surface area (TPSA) is 21.3 Å². The quantitative estimate of drug-likeness (QED) is 0.698. The van der Waals surface area contributed by atoms with E-state index in [2.05, 4.69) is 11.6 Å². The van der Waals surface area contributed by atoms with Gasteiger partial charge in [0.15, 0.2) is 0 Å². The highest BCUT2D eigenvalue weighted by Gasteiger charge is 2.14. The maximum absolute atomic E-state index is 13.8. The van der Waals surface area contributed by atoms with E-state index in [0.29, 0.717) is 6.61 Å². The van der Waals surface area contributed by atoms with Crippen molar-refractivity contribution in [2.75, 3.05) is 38.8 Å². The first-order valence-corrected chi connectivity index (χ1v) is 7.62. The van der Waals surface area contributed by atoms with Crippen molar-refractivity contribution < 1.29 is 9.13 Å². The molecule has 0 saturated carbocycles. The van der Waals surface area contributed by atoms with Crippen LogP contribution in [0.3, 0.4) is 0 Å². The molecule has 0 bridgehead atoms. The van der Waals surface area contributed by atoms with Crippen LogP contribution in [0.4, 0.5) is 4.39 Å². The van der Waals surface area contributed by atoms with E-state index in [1.165, 1.54) is 6.07 Å². The molecule has 1 aromatic carbocycles. The van der Waals surface area contributed by atoms with Crippen molar-refractivity contribution in [2.45, 2.75) is 12.3 Å². The van der Waals surface area contributed by atoms with Gasteiger partial charge in [0.2, 0.25) is 0 Å². The van der Waals surface area contributed by atoms with Crippen LogP contribution in [0, 0.1) is 5.82 Å². The molecule has 0 aliphatic rings. The minimum Gasteiger partial charge on any atom is -0.383 e. The number of halogens is 1. The van der Waals surface area contributed by atoms with Crippen LogP contribution in [0.25, 0.3) is 0 Å². The molecule has 102 valence electrons. The van der Waals surface area contributed by atoms with Crippen molar-refractivity contribution in [3.63, 3.8) is 0 Å². The number of hydrogen-bond donors (Lipinski definition) is 1. The van der Waals surface area contributed by atoms with Crippen LogP contribution in [0.15, 0.2) is 24.3 Å². The van der Waals surface area contributed by atoms with Gasteiger partial charge in [-0.1, -0.05) is 18.2 Å². The lowest BCUT2D eigenvalue weighted by molar-refractivity contribution is 0.199. The Morgan fingerprint density at radius 2 is 2.17 bits per heavy atom. The van der Waals surface area contributed by atoms with Crippen molar-refractivity contribution in [1.29, 1.82) is 0 Å². The molecule has 4 heteroatoms. The molecule has 0 aliphatic carbocycles. The lowest BCUT2D eigenvalue weighted by atomic mass is 9.96. The average Bonchev–Trinajstić information content (AvgIpc) is 2.39.